The van der Waals surface area contributed by atoms with Crippen molar-refractivity contribution in [1.29, 1.82) is 0 Å². The molecule has 0 heterocycles. The molecule has 0 aliphatic rings. The van der Waals surface area contributed by atoms with Gasteiger partial charge in [0.05, 0.1) is 13.2 Å². The van der Waals surface area contributed by atoms with E-state index in [2.05, 4.69) is 12.2 Å². The normalized spacial score (nSPS) is 12.0. The largest absolute Gasteiger partial charge is 0.464 e. The van der Waals surface area contributed by atoms with Gasteiger partial charge in [-0.1, -0.05) is 47.0 Å². The van der Waals surface area contributed by atoms with Crippen molar-refractivity contribution in [3.63, 3.8) is 0 Å². The van der Waals surface area contributed by atoms with Gasteiger partial charge in [0.15, 0.2) is 0 Å². The number of hydrogen-bond acceptors (Lipinski definition) is 4. The van der Waals surface area contributed by atoms with Crippen LogP contribution in [-0.4, -0.2) is 31.3 Å². The zero-order valence-corrected chi connectivity index (χ0v) is 13.9. The Balaban J connectivity index is 4.22. The van der Waals surface area contributed by atoms with E-state index in [1.54, 1.807) is 0 Å². The molecule has 0 aromatic carbocycles. The van der Waals surface area contributed by atoms with Crippen LogP contribution in [0.25, 0.3) is 0 Å². The molecule has 0 aromatic heterocycles. The predicted molar refractivity (Wildman–Crippen MR) is 83.1 cm³/mol. The van der Waals surface area contributed by atoms with Crippen molar-refractivity contribution in [3.05, 3.63) is 0 Å². The fraction of sp³-hybridized carbons (Fsp3) is 0.875. The van der Waals surface area contributed by atoms with E-state index in [-0.39, 0.29) is 11.9 Å². The Labute approximate surface area is 128 Å². The number of amides is 1. The summed E-state index contributed by atoms with van der Waals surface area (Å²) in [6.07, 6.45) is 4.77. The number of unbranched alkanes of at least 4 members (excludes halogenated alkanes) is 3. The fourth-order valence-electron chi connectivity index (χ4n) is 1.80. The molecule has 21 heavy (non-hydrogen) atoms. The third kappa shape index (κ3) is 11.1. The molecule has 1 N–H and O–H groups in total. The summed E-state index contributed by atoms with van der Waals surface area (Å²) in [6.45, 7) is 8.91. The highest BCUT2D eigenvalue weighted by Gasteiger charge is 2.23. The molecule has 0 saturated carbocycles. The summed E-state index contributed by atoms with van der Waals surface area (Å²) in [5, 5.41) is 2.61. The van der Waals surface area contributed by atoms with Crippen LogP contribution in [0.3, 0.4) is 0 Å². The Morgan fingerprint density at radius 3 is 2.14 bits per heavy atom. The Morgan fingerprint density at radius 1 is 0.952 bits per heavy atom. The molecule has 0 aliphatic heterocycles. The van der Waals surface area contributed by atoms with Gasteiger partial charge in [-0.25, -0.2) is 9.59 Å². The number of rotatable bonds is 11. The topological polar surface area (TPSA) is 64.6 Å². The number of hydrogen-bond donors (Lipinski definition) is 1. The number of carbonyl (C=O) groups is 2. The molecule has 1 amide bonds. The zero-order chi connectivity index (χ0) is 16.1. The Hall–Kier alpha value is -1.26. The first-order chi connectivity index (χ1) is 10.0. The molecule has 0 bridgehead atoms. The van der Waals surface area contributed by atoms with Gasteiger partial charge in [-0.3, -0.25) is 0 Å². The SMILES string of the molecule is CCCCCOC(=O)C(CC(C)C)NC(=O)OCCCC. The highest BCUT2D eigenvalue weighted by Crippen LogP contribution is 2.08. The lowest BCUT2D eigenvalue weighted by molar-refractivity contribution is -0.146. The van der Waals surface area contributed by atoms with Crippen LogP contribution >= 0.6 is 0 Å². The summed E-state index contributed by atoms with van der Waals surface area (Å²) in [5.74, 6) is -0.0821. The van der Waals surface area contributed by atoms with Gasteiger partial charge < -0.3 is 14.8 Å². The maximum absolute atomic E-state index is 12.0. The minimum absolute atomic E-state index is 0.286. The predicted octanol–water partition coefficient (Wildman–Crippen LogP) is 3.66. The monoisotopic (exact) mass is 301 g/mol. The molecule has 0 spiro atoms. The number of carbonyl (C=O) groups excluding carboxylic acids is 2. The molecular weight excluding hydrogens is 270 g/mol. The second kappa shape index (κ2) is 12.5. The fourth-order valence-corrected chi connectivity index (χ4v) is 1.80. The number of nitrogens with one attached hydrogen (secondary N) is 1. The standard InChI is InChI=1S/C16H31NO4/c1-5-7-9-11-20-15(18)14(12-13(3)4)17-16(19)21-10-8-6-2/h13-14H,5-12H2,1-4H3,(H,17,19). The molecule has 0 aliphatic carbocycles. The van der Waals surface area contributed by atoms with Gasteiger partial charge in [0.2, 0.25) is 0 Å². The highest BCUT2D eigenvalue weighted by molar-refractivity contribution is 5.81. The Morgan fingerprint density at radius 2 is 1.57 bits per heavy atom. The van der Waals surface area contributed by atoms with Crippen molar-refractivity contribution < 1.29 is 19.1 Å². The first-order valence-electron chi connectivity index (χ1n) is 8.11. The third-order valence-corrected chi connectivity index (χ3v) is 3.01. The summed E-state index contributed by atoms with van der Waals surface area (Å²) in [4.78, 5) is 23.7. The van der Waals surface area contributed by atoms with E-state index in [4.69, 9.17) is 9.47 Å². The minimum atomic E-state index is -0.624. The van der Waals surface area contributed by atoms with Crippen molar-refractivity contribution in [2.75, 3.05) is 13.2 Å². The maximum Gasteiger partial charge on any atom is 0.407 e. The van der Waals surface area contributed by atoms with Crippen LogP contribution in [0.1, 0.15) is 66.2 Å². The zero-order valence-electron chi connectivity index (χ0n) is 13.9. The smallest absolute Gasteiger partial charge is 0.407 e. The molecule has 0 fully saturated rings. The summed E-state index contributed by atoms with van der Waals surface area (Å²) in [7, 11) is 0. The summed E-state index contributed by atoms with van der Waals surface area (Å²) < 4.78 is 10.3. The number of alkyl carbamates (subject to hydrolysis) is 1. The molecule has 0 saturated heterocycles. The number of esters is 1. The van der Waals surface area contributed by atoms with Crippen LogP contribution in [0, 0.1) is 5.92 Å². The van der Waals surface area contributed by atoms with Crippen LogP contribution in [0.2, 0.25) is 0 Å². The molecule has 124 valence electrons. The molecule has 0 radical (unpaired) electrons. The van der Waals surface area contributed by atoms with Crippen LogP contribution in [0.4, 0.5) is 4.79 Å². The average Bonchev–Trinajstić information content (AvgIpc) is 2.42. The van der Waals surface area contributed by atoms with Gasteiger partial charge in [-0.2, -0.15) is 0 Å². The lowest BCUT2D eigenvalue weighted by atomic mass is 10.0. The van der Waals surface area contributed by atoms with Gasteiger partial charge >= 0.3 is 12.1 Å². The first-order valence-corrected chi connectivity index (χ1v) is 8.11. The van der Waals surface area contributed by atoms with E-state index in [1.165, 1.54) is 0 Å². The van der Waals surface area contributed by atoms with Crippen molar-refractivity contribution in [2.24, 2.45) is 5.92 Å². The maximum atomic E-state index is 12.0. The molecule has 5 heteroatoms. The van der Waals surface area contributed by atoms with Crippen molar-refractivity contribution >= 4 is 12.1 Å². The van der Waals surface area contributed by atoms with E-state index >= 15 is 0 Å². The van der Waals surface area contributed by atoms with Crippen molar-refractivity contribution in [2.45, 2.75) is 72.3 Å². The summed E-state index contributed by atoms with van der Waals surface area (Å²) in [5.41, 5.74) is 0. The average molecular weight is 301 g/mol. The lowest BCUT2D eigenvalue weighted by Crippen LogP contribution is -2.43. The lowest BCUT2D eigenvalue weighted by Gasteiger charge is -2.19. The second-order valence-corrected chi connectivity index (χ2v) is 5.69. The molecular formula is C16H31NO4. The van der Waals surface area contributed by atoms with Gasteiger partial charge in [0.1, 0.15) is 6.04 Å². The van der Waals surface area contributed by atoms with Crippen LogP contribution in [0.15, 0.2) is 0 Å². The summed E-state index contributed by atoms with van der Waals surface area (Å²) in [6, 6.07) is -0.624. The van der Waals surface area contributed by atoms with Crippen LogP contribution in [0.5, 0.6) is 0 Å². The van der Waals surface area contributed by atoms with E-state index in [1.807, 2.05) is 20.8 Å². The van der Waals surface area contributed by atoms with E-state index in [0.29, 0.717) is 19.6 Å². The molecule has 0 rings (SSSR count). The minimum Gasteiger partial charge on any atom is -0.464 e. The van der Waals surface area contributed by atoms with E-state index in [0.717, 1.165) is 32.1 Å². The Bertz CT molecular complexity index is 292. The van der Waals surface area contributed by atoms with E-state index in [9.17, 15) is 9.59 Å². The molecule has 5 nitrogen and oxygen atoms in total. The molecule has 1 atom stereocenters. The quantitative estimate of drug-likeness (QED) is 0.467. The van der Waals surface area contributed by atoms with Gasteiger partial charge in [-0.15, -0.1) is 0 Å². The summed E-state index contributed by atoms with van der Waals surface area (Å²) >= 11 is 0. The van der Waals surface area contributed by atoms with Crippen LogP contribution in [-0.2, 0) is 14.3 Å². The molecule has 0 aromatic rings. The van der Waals surface area contributed by atoms with Gasteiger partial charge in [0, 0.05) is 0 Å². The second-order valence-electron chi connectivity index (χ2n) is 5.69. The number of ether oxygens (including phenoxy) is 2. The highest BCUT2D eigenvalue weighted by atomic mass is 16.6. The van der Waals surface area contributed by atoms with Crippen molar-refractivity contribution in [1.82, 2.24) is 5.32 Å². The van der Waals surface area contributed by atoms with Crippen LogP contribution < -0.4 is 5.32 Å². The first kappa shape index (κ1) is 19.7. The Kier molecular flexibility index (Phi) is 11.7. The van der Waals surface area contributed by atoms with Gasteiger partial charge in [0.25, 0.3) is 0 Å². The van der Waals surface area contributed by atoms with Crippen molar-refractivity contribution in [3.8, 4) is 0 Å². The van der Waals surface area contributed by atoms with E-state index < -0.39 is 12.1 Å². The molecule has 1 unspecified atom stereocenters. The third-order valence-electron chi connectivity index (χ3n) is 3.01. The van der Waals surface area contributed by atoms with Gasteiger partial charge in [-0.05, 0) is 25.2 Å².